The second-order valence-electron chi connectivity index (χ2n) is 22.9. The molecule has 21 nitrogen and oxygen atoms in total. The van der Waals surface area contributed by atoms with E-state index in [9.17, 15) is 70.9 Å². The number of aliphatic hydroxyl groups excluding tert-OH is 12. The molecular formula is C48H76O21. The Morgan fingerprint density at radius 1 is 0.667 bits per heavy atom. The van der Waals surface area contributed by atoms with Crippen molar-refractivity contribution in [3.8, 4) is 0 Å². The summed E-state index contributed by atoms with van der Waals surface area (Å²) in [5.41, 5.74) is -3.81. The molecule has 0 aromatic heterocycles. The largest absolute Gasteiger partial charge is 0.469 e. The molecule has 12 N–H and O–H groups in total. The Hall–Kier alpha value is -2.00. The van der Waals surface area contributed by atoms with Crippen molar-refractivity contribution in [1.29, 1.82) is 0 Å². The van der Waals surface area contributed by atoms with Crippen molar-refractivity contribution in [2.24, 2.45) is 50.2 Å². The summed E-state index contributed by atoms with van der Waals surface area (Å²) < 4.78 is 40.3. The van der Waals surface area contributed by atoms with Gasteiger partial charge in [-0.3, -0.25) is 9.59 Å². The maximum Gasteiger partial charge on any atom is 0.315 e. The van der Waals surface area contributed by atoms with Crippen LogP contribution in [0.2, 0.25) is 0 Å². The molecule has 394 valence electrons. The number of carbonyl (C=O) groups is 2. The van der Waals surface area contributed by atoms with Crippen LogP contribution in [0.5, 0.6) is 0 Å². The quantitative estimate of drug-likeness (QED) is 0.0632. The van der Waals surface area contributed by atoms with E-state index < -0.39 is 175 Å². The van der Waals surface area contributed by atoms with Gasteiger partial charge < -0.3 is 94.4 Å². The van der Waals surface area contributed by atoms with E-state index in [1.807, 2.05) is 13.8 Å². The number of carbonyl (C=O) groups excluding carboxylic acids is 2. The van der Waals surface area contributed by atoms with E-state index in [1.165, 1.54) is 7.11 Å². The zero-order valence-corrected chi connectivity index (χ0v) is 40.3. The molecule has 8 aliphatic rings. The topological polar surface area (TPSA) is 342 Å². The van der Waals surface area contributed by atoms with Crippen molar-refractivity contribution in [3.63, 3.8) is 0 Å². The molecule has 8 rings (SSSR count). The van der Waals surface area contributed by atoms with E-state index >= 15 is 0 Å². The summed E-state index contributed by atoms with van der Waals surface area (Å²) in [6.45, 7) is 8.10. The Kier molecular flexibility index (Phi) is 14.7. The highest BCUT2D eigenvalue weighted by Gasteiger charge is 2.72. The van der Waals surface area contributed by atoms with E-state index in [0.29, 0.717) is 38.5 Å². The number of fused-ring (bicyclic) bond motifs is 7. The fourth-order valence-corrected chi connectivity index (χ4v) is 15.1. The van der Waals surface area contributed by atoms with Crippen LogP contribution in [0.1, 0.15) is 92.4 Å². The third-order valence-electron chi connectivity index (χ3n) is 19.5. The standard InChI is InChI=1S/C48H76O21/c1-43(41(61)63-6)11-13-48(42(62)69-40-36(60)33(57)30(54)25(18-50)66-40)14-12-46(4)21(22(48)15-43)7-8-28-44(2)16-23(52)37(45(3,20-51)27(44)9-10-47(28,46)5)68-38-34(58)31(55)26(19-64-38)67-39-35(59)32(56)29(53)24(17-49)65-39/h7,22-40,49-60H,8-20H2,1-6H3/t22-,23-,24+,25+,26-,27-,28+,29+,30-,31-,32-,33+,34-,35-,36+,37-,38+,39+,40-,43-,44-,45-,46+,47+,48-/m0/s1. The third-order valence-corrected chi connectivity index (χ3v) is 19.5. The van der Waals surface area contributed by atoms with Crippen molar-refractivity contribution in [2.45, 2.75) is 191 Å². The first-order valence-electron chi connectivity index (χ1n) is 24.5. The first-order chi connectivity index (χ1) is 32.4. The van der Waals surface area contributed by atoms with Gasteiger partial charge in [0.15, 0.2) is 12.6 Å². The van der Waals surface area contributed by atoms with E-state index in [4.69, 9.17) is 33.2 Å². The smallest absolute Gasteiger partial charge is 0.315 e. The van der Waals surface area contributed by atoms with Crippen LogP contribution in [-0.2, 0) is 42.7 Å². The predicted molar refractivity (Wildman–Crippen MR) is 233 cm³/mol. The fraction of sp³-hybridized carbons (Fsp3) is 0.917. The van der Waals surface area contributed by atoms with E-state index in [2.05, 4.69) is 26.8 Å². The van der Waals surface area contributed by atoms with Gasteiger partial charge in [-0.2, -0.15) is 0 Å². The molecule has 7 fully saturated rings. The number of hydrogen-bond acceptors (Lipinski definition) is 21. The van der Waals surface area contributed by atoms with Crippen molar-refractivity contribution in [2.75, 3.05) is 33.5 Å². The van der Waals surface area contributed by atoms with Crippen LogP contribution in [0.3, 0.4) is 0 Å². The van der Waals surface area contributed by atoms with Gasteiger partial charge in [0.2, 0.25) is 6.29 Å². The van der Waals surface area contributed by atoms with E-state index in [1.54, 1.807) is 0 Å². The molecule has 3 heterocycles. The molecule has 0 unspecified atom stereocenters. The molecule has 4 saturated carbocycles. The first-order valence-corrected chi connectivity index (χ1v) is 24.5. The first kappa shape index (κ1) is 53.3. The molecule has 0 radical (unpaired) electrons. The minimum atomic E-state index is -1.80. The highest BCUT2D eigenvalue weighted by Crippen LogP contribution is 2.76. The van der Waals surface area contributed by atoms with Gasteiger partial charge in [0, 0.05) is 5.41 Å². The van der Waals surface area contributed by atoms with Crippen molar-refractivity contribution in [3.05, 3.63) is 11.6 Å². The minimum Gasteiger partial charge on any atom is -0.469 e. The van der Waals surface area contributed by atoms with Gasteiger partial charge in [-0.15, -0.1) is 0 Å². The summed E-state index contributed by atoms with van der Waals surface area (Å²) in [5.74, 6) is -1.90. The zero-order chi connectivity index (χ0) is 50.6. The molecule has 0 aromatic carbocycles. The second-order valence-corrected chi connectivity index (χ2v) is 22.9. The Morgan fingerprint density at radius 2 is 1.26 bits per heavy atom. The summed E-state index contributed by atoms with van der Waals surface area (Å²) in [6, 6.07) is 0. The van der Waals surface area contributed by atoms with Gasteiger partial charge >= 0.3 is 11.9 Å². The van der Waals surface area contributed by atoms with Crippen LogP contribution in [-0.4, -0.2) is 205 Å². The van der Waals surface area contributed by atoms with Crippen LogP contribution in [0.15, 0.2) is 11.6 Å². The third kappa shape index (κ3) is 8.16. The highest BCUT2D eigenvalue weighted by molar-refractivity contribution is 5.81. The number of rotatable bonds is 10. The van der Waals surface area contributed by atoms with Crippen molar-refractivity contribution in [1.82, 2.24) is 0 Å². The molecule has 21 heteroatoms. The van der Waals surface area contributed by atoms with Gasteiger partial charge in [-0.05, 0) is 98.7 Å². The molecule has 3 aliphatic heterocycles. The number of hydrogen-bond donors (Lipinski definition) is 12. The Balaban J connectivity index is 1.04. The van der Waals surface area contributed by atoms with Gasteiger partial charge in [0.05, 0.1) is 56.6 Å². The second kappa shape index (κ2) is 19.0. The van der Waals surface area contributed by atoms with Gasteiger partial charge in [-0.1, -0.05) is 39.3 Å². The van der Waals surface area contributed by atoms with Crippen molar-refractivity contribution < 1.29 is 104 Å². The fourth-order valence-electron chi connectivity index (χ4n) is 15.1. The van der Waals surface area contributed by atoms with E-state index in [-0.39, 0.29) is 31.1 Å². The maximum absolute atomic E-state index is 14.8. The summed E-state index contributed by atoms with van der Waals surface area (Å²) in [4.78, 5) is 28.3. The lowest BCUT2D eigenvalue weighted by molar-refractivity contribution is -0.357. The van der Waals surface area contributed by atoms with Crippen LogP contribution >= 0.6 is 0 Å². The summed E-state index contributed by atoms with van der Waals surface area (Å²) in [6.07, 6.45) is -18.7. The molecule has 69 heavy (non-hydrogen) atoms. The SMILES string of the molecule is COC(=O)[C@@]1(C)CC[C@]2(C(=O)O[C@@H]3O[C@H](CO)[C@H](O)[C@@H](O)[C@H]3O)CC[C@]3(C)C(=CC[C@@H]4[C@@]5(C)C[C@H](O)[C@H](O[C@H]6OC[C@H](O[C@H]7O[C@H](CO)[C@@H](O)[C@H](O)[C@@H]7O)[C@H](O)[C@@H]6O)[C@@](C)(CO)[C@H]5CC[C@]43C)[C@@H]2C1. The number of ether oxygens (including phenoxy) is 7. The van der Waals surface area contributed by atoms with E-state index in [0.717, 1.165) is 5.57 Å². The molecule has 0 bridgehead atoms. The minimum absolute atomic E-state index is 0.0678. The monoisotopic (exact) mass is 988 g/mol. The number of allylic oxidation sites excluding steroid dienone is 2. The average Bonchev–Trinajstić information content (AvgIpc) is 3.32. The van der Waals surface area contributed by atoms with Crippen molar-refractivity contribution >= 4 is 11.9 Å². The average molecular weight is 989 g/mol. The highest BCUT2D eigenvalue weighted by atomic mass is 16.7. The number of esters is 2. The molecule has 0 spiro atoms. The molecule has 0 amide bonds. The van der Waals surface area contributed by atoms with Gasteiger partial charge in [-0.25, -0.2) is 0 Å². The number of methoxy groups -OCH3 is 1. The van der Waals surface area contributed by atoms with Crippen LogP contribution < -0.4 is 0 Å². The van der Waals surface area contributed by atoms with Gasteiger partial charge in [0.1, 0.15) is 67.1 Å². The normalized spacial score (nSPS) is 54.2. The molecule has 3 saturated heterocycles. The van der Waals surface area contributed by atoms with Crippen LogP contribution in [0, 0.1) is 50.2 Å². The molecule has 25 atom stereocenters. The summed E-state index contributed by atoms with van der Waals surface area (Å²) in [7, 11) is 1.34. The van der Waals surface area contributed by atoms with Crippen LogP contribution in [0.4, 0.5) is 0 Å². The summed E-state index contributed by atoms with van der Waals surface area (Å²) >= 11 is 0. The maximum atomic E-state index is 14.8. The Morgan fingerprint density at radius 3 is 1.87 bits per heavy atom. The number of aliphatic hydroxyl groups is 12. The molecule has 0 aromatic rings. The predicted octanol–water partition coefficient (Wildman–Crippen LogP) is -2.12. The summed E-state index contributed by atoms with van der Waals surface area (Å²) in [5, 5.41) is 128. The lowest BCUT2D eigenvalue weighted by atomic mass is 9.33. The van der Waals surface area contributed by atoms with Gasteiger partial charge in [0.25, 0.3) is 0 Å². The zero-order valence-electron chi connectivity index (χ0n) is 40.3. The lowest BCUT2D eigenvalue weighted by Crippen LogP contribution is -2.69. The lowest BCUT2D eigenvalue weighted by Gasteiger charge is -2.71. The Labute approximate surface area is 401 Å². The Bertz CT molecular complexity index is 1920. The molecular weight excluding hydrogens is 913 g/mol. The molecule has 5 aliphatic carbocycles. The van der Waals surface area contributed by atoms with Crippen LogP contribution in [0.25, 0.3) is 0 Å².